The summed E-state index contributed by atoms with van der Waals surface area (Å²) in [6.45, 7) is 7.27. The Morgan fingerprint density at radius 1 is 1.40 bits per heavy atom. The highest BCUT2D eigenvalue weighted by Gasteiger charge is 2.38. The molecule has 0 N–H and O–H groups in total. The predicted octanol–water partition coefficient (Wildman–Crippen LogP) is 1.88. The molecule has 0 aromatic heterocycles. The van der Waals surface area contributed by atoms with Crippen molar-refractivity contribution in [3.05, 3.63) is 10.1 Å². The summed E-state index contributed by atoms with van der Waals surface area (Å²) in [5, 5.41) is 10.8. The summed E-state index contributed by atoms with van der Waals surface area (Å²) in [6, 6.07) is -0.843. The third-order valence-electron chi connectivity index (χ3n) is 2.38. The second-order valence-corrected chi connectivity index (χ2v) is 3.78. The largest absolute Gasteiger partial charge is 0.466 e. The van der Waals surface area contributed by atoms with Crippen LogP contribution in [0.15, 0.2) is 0 Å². The lowest BCUT2D eigenvalue weighted by Crippen LogP contribution is -2.38. The van der Waals surface area contributed by atoms with E-state index in [2.05, 4.69) is 0 Å². The normalized spacial score (nSPS) is 14.7. The van der Waals surface area contributed by atoms with E-state index in [0.29, 0.717) is 6.42 Å². The Morgan fingerprint density at radius 3 is 2.20 bits per heavy atom. The van der Waals surface area contributed by atoms with Crippen molar-refractivity contribution in [1.82, 2.24) is 0 Å². The van der Waals surface area contributed by atoms with Gasteiger partial charge in [0.15, 0.2) is 0 Å². The maximum absolute atomic E-state index is 11.6. The Hall–Kier alpha value is -1.13. The lowest BCUT2D eigenvalue weighted by atomic mass is 9.87. The van der Waals surface area contributed by atoms with Crippen LogP contribution < -0.4 is 0 Å². The summed E-state index contributed by atoms with van der Waals surface area (Å²) in [5.74, 6) is -1.19. The van der Waals surface area contributed by atoms with Gasteiger partial charge in [-0.3, -0.25) is 14.9 Å². The molecule has 0 bridgehead atoms. The van der Waals surface area contributed by atoms with Gasteiger partial charge < -0.3 is 4.74 Å². The van der Waals surface area contributed by atoms with E-state index < -0.39 is 17.9 Å². The smallest absolute Gasteiger partial charge is 0.316 e. The van der Waals surface area contributed by atoms with Gasteiger partial charge in [-0.05, 0) is 12.8 Å². The summed E-state index contributed by atoms with van der Waals surface area (Å²) < 4.78 is 4.85. The van der Waals surface area contributed by atoms with Crippen molar-refractivity contribution in [2.24, 2.45) is 11.8 Å². The molecule has 5 heteroatoms. The van der Waals surface area contributed by atoms with E-state index in [1.54, 1.807) is 27.7 Å². The molecule has 0 fully saturated rings. The van der Waals surface area contributed by atoms with Crippen LogP contribution >= 0.6 is 0 Å². The van der Waals surface area contributed by atoms with E-state index in [4.69, 9.17) is 4.74 Å². The molecule has 0 aromatic rings. The number of carbonyl (C=O) groups is 1. The fraction of sp³-hybridized carbons (Fsp3) is 0.900. The van der Waals surface area contributed by atoms with E-state index in [1.165, 1.54) is 0 Å². The standard InChI is InChI=1S/C10H19NO4/c1-5-8(11(13)14)9(7(3)4)10(12)15-6-2/h7-9H,5-6H2,1-4H3/t8-,9-/m1/s1. The zero-order chi connectivity index (χ0) is 12.0. The third-order valence-corrected chi connectivity index (χ3v) is 2.38. The van der Waals surface area contributed by atoms with Crippen molar-refractivity contribution < 1.29 is 14.5 Å². The molecule has 0 aromatic carbocycles. The predicted molar refractivity (Wildman–Crippen MR) is 56.0 cm³/mol. The molecule has 0 aliphatic carbocycles. The minimum absolute atomic E-state index is 0.0839. The molecule has 5 nitrogen and oxygen atoms in total. The summed E-state index contributed by atoms with van der Waals surface area (Å²) in [7, 11) is 0. The number of hydrogen-bond donors (Lipinski definition) is 0. The van der Waals surface area contributed by atoms with Crippen LogP contribution in [0.1, 0.15) is 34.1 Å². The molecule has 88 valence electrons. The maximum Gasteiger partial charge on any atom is 0.316 e. The van der Waals surface area contributed by atoms with E-state index in [9.17, 15) is 14.9 Å². The van der Waals surface area contributed by atoms with Crippen molar-refractivity contribution in [2.75, 3.05) is 6.61 Å². The summed E-state index contributed by atoms with van der Waals surface area (Å²) in [6.07, 6.45) is 0.342. The number of rotatable bonds is 6. The van der Waals surface area contributed by atoms with Crippen molar-refractivity contribution >= 4 is 5.97 Å². The van der Waals surface area contributed by atoms with Crippen LogP contribution in [0.5, 0.6) is 0 Å². The fourth-order valence-corrected chi connectivity index (χ4v) is 1.65. The number of hydrogen-bond acceptors (Lipinski definition) is 4. The molecule has 0 saturated heterocycles. The first kappa shape index (κ1) is 13.9. The van der Waals surface area contributed by atoms with Gasteiger partial charge in [0.05, 0.1) is 6.61 Å². The van der Waals surface area contributed by atoms with Crippen LogP contribution in [0.3, 0.4) is 0 Å². The highest BCUT2D eigenvalue weighted by Crippen LogP contribution is 2.21. The fourth-order valence-electron chi connectivity index (χ4n) is 1.65. The monoisotopic (exact) mass is 217 g/mol. The third kappa shape index (κ3) is 3.85. The van der Waals surface area contributed by atoms with Crippen LogP contribution in [0.2, 0.25) is 0 Å². The Labute approximate surface area is 90.0 Å². The molecule has 0 saturated carbocycles. The minimum Gasteiger partial charge on any atom is -0.466 e. The van der Waals surface area contributed by atoms with Gasteiger partial charge in [0.2, 0.25) is 6.04 Å². The van der Waals surface area contributed by atoms with Gasteiger partial charge in [-0.1, -0.05) is 20.8 Å². The Kier molecular flexibility index (Phi) is 5.89. The van der Waals surface area contributed by atoms with Crippen molar-refractivity contribution in [3.8, 4) is 0 Å². The summed E-state index contributed by atoms with van der Waals surface area (Å²) in [4.78, 5) is 22.0. The van der Waals surface area contributed by atoms with E-state index in [1.807, 2.05) is 0 Å². The van der Waals surface area contributed by atoms with Crippen LogP contribution in [-0.2, 0) is 9.53 Å². The van der Waals surface area contributed by atoms with Crippen LogP contribution in [0, 0.1) is 22.0 Å². The van der Waals surface area contributed by atoms with Crippen molar-refractivity contribution in [1.29, 1.82) is 0 Å². The Morgan fingerprint density at radius 2 is 1.93 bits per heavy atom. The molecule has 0 amide bonds. The Balaban J connectivity index is 4.77. The Bertz CT molecular complexity index is 227. The quantitative estimate of drug-likeness (QED) is 0.387. The molecule has 15 heavy (non-hydrogen) atoms. The molecule has 0 aliphatic rings. The van der Waals surface area contributed by atoms with E-state index in [0.717, 1.165) is 0 Å². The molecular formula is C10H19NO4. The second kappa shape index (κ2) is 6.37. The van der Waals surface area contributed by atoms with Crippen LogP contribution in [0.25, 0.3) is 0 Å². The maximum atomic E-state index is 11.6. The number of ether oxygens (including phenoxy) is 1. The number of nitrogens with zero attached hydrogens (tertiary/aromatic N) is 1. The first-order valence-corrected chi connectivity index (χ1v) is 5.25. The second-order valence-electron chi connectivity index (χ2n) is 3.78. The van der Waals surface area contributed by atoms with Crippen LogP contribution in [-0.4, -0.2) is 23.5 Å². The molecule has 0 spiro atoms. The average Bonchev–Trinajstić information content (AvgIpc) is 2.12. The molecule has 2 atom stereocenters. The van der Waals surface area contributed by atoms with Gasteiger partial charge in [0.1, 0.15) is 5.92 Å². The van der Waals surface area contributed by atoms with Gasteiger partial charge in [0, 0.05) is 11.3 Å². The molecule has 0 unspecified atom stereocenters. The number of esters is 1. The van der Waals surface area contributed by atoms with Gasteiger partial charge in [-0.15, -0.1) is 0 Å². The molecule has 0 rings (SSSR count). The summed E-state index contributed by atoms with van der Waals surface area (Å²) >= 11 is 0. The lowest BCUT2D eigenvalue weighted by molar-refractivity contribution is -0.531. The summed E-state index contributed by atoms with van der Waals surface area (Å²) in [5.41, 5.74) is 0. The van der Waals surface area contributed by atoms with Gasteiger partial charge in [-0.25, -0.2) is 0 Å². The molecular weight excluding hydrogens is 198 g/mol. The topological polar surface area (TPSA) is 69.4 Å². The number of carbonyl (C=O) groups excluding carboxylic acids is 1. The average molecular weight is 217 g/mol. The van der Waals surface area contributed by atoms with Gasteiger partial charge in [-0.2, -0.15) is 0 Å². The van der Waals surface area contributed by atoms with E-state index >= 15 is 0 Å². The minimum atomic E-state index is -0.843. The van der Waals surface area contributed by atoms with E-state index in [-0.39, 0.29) is 17.4 Å². The van der Waals surface area contributed by atoms with Gasteiger partial charge in [0.25, 0.3) is 0 Å². The first-order valence-electron chi connectivity index (χ1n) is 5.25. The SMILES string of the molecule is CCOC(=O)[C@H](C(C)C)[C@@H](CC)[N+](=O)[O-]. The first-order chi connectivity index (χ1) is 6.95. The molecule has 0 heterocycles. The zero-order valence-electron chi connectivity index (χ0n) is 9.73. The highest BCUT2D eigenvalue weighted by molar-refractivity contribution is 5.73. The highest BCUT2D eigenvalue weighted by atomic mass is 16.6. The lowest BCUT2D eigenvalue weighted by Gasteiger charge is -2.21. The van der Waals surface area contributed by atoms with Gasteiger partial charge >= 0.3 is 5.97 Å². The van der Waals surface area contributed by atoms with Crippen molar-refractivity contribution in [2.45, 2.75) is 40.2 Å². The molecule has 0 radical (unpaired) electrons. The number of nitro groups is 1. The van der Waals surface area contributed by atoms with Crippen LogP contribution in [0.4, 0.5) is 0 Å². The molecule has 0 aliphatic heterocycles. The van der Waals surface area contributed by atoms with Crippen molar-refractivity contribution in [3.63, 3.8) is 0 Å². The zero-order valence-corrected chi connectivity index (χ0v) is 9.73.